The minimum absolute atomic E-state index is 0.296. The molecule has 5 nitrogen and oxygen atoms in total. The van der Waals surface area contributed by atoms with Crippen molar-refractivity contribution in [2.24, 2.45) is 0 Å². The zero-order valence-corrected chi connectivity index (χ0v) is 13.5. The maximum Gasteiger partial charge on any atom is 0.315 e. The van der Waals surface area contributed by atoms with Gasteiger partial charge in [0.25, 0.3) is 0 Å². The van der Waals surface area contributed by atoms with E-state index in [4.69, 9.17) is 4.74 Å². The van der Waals surface area contributed by atoms with E-state index in [-0.39, 0.29) is 11.8 Å². The molecule has 0 saturated heterocycles. The van der Waals surface area contributed by atoms with Gasteiger partial charge in [-0.1, -0.05) is 18.2 Å². The maximum absolute atomic E-state index is 12.8. The molecule has 0 radical (unpaired) electrons. The van der Waals surface area contributed by atoms with Gasteiger partial charge in [0.05, 0.1) is 12.1 Å². The summed E-state index contributed by atoms with van der Waals surface area (Å²) in [6.07, 6.45) is 1.75. The normalized spacial score (nSPS) is 10.4. The number of pyridine rings is 1. The van der Waals surface area contributed by atoms with Gasteiger partial charge in [-0.05, 0) is 42.0 Å². The predicted octanol–water partition coefficient (Wildman–Crippen LogP) is 3.25. The van der Waals surface area contributed by atoms with Crippen LogP contribution in [0.1, 0.15) is 5.56 Å². The number of amides is 2. The lowest BCUT2D eigenvalue weighted by Gasteiger charge is -2.09. The highest BCUT2D eigenvalue weighted by Gasteiger charge is 2.01. The number of nitrogens with zero attached hydrogens (tertiary/aromatic N) is 1. The number of hydrogen-bond donors (Lipinski definition) is 2. The van der Waals surface area contributed by atoms with Crippen LogP contribution in [0, 0.1) is 5.82 Å². The highest BCUT2D eigenvalue weighted by atomic mass is 19.1. The first-order valence-electron chi connectivity index (χ1n) is 7.94. The van der Waals surface area contributed by atoms with Gasteiger partial charge >= 0.3 is 6.03 Å². The number of carbonyl (C=O) groups is 1. The molecule has 128 valence electrons. The Labute approximate surface area is 144 Å². The molecule has 0 unspecified atom stereocenters. The molecule has 6 heteroatoms. The minimum Gasteiger partial charge on any atom is -0.492 e. The standard InChI is InChI=1S/C19H18FN3O2/c20-16-5-3-14(4-6-16)13-23-19(24)22-10-11-25-17-7-8-18-15(12-17)2-1-9-21-18/h1-9,12H,10-11,13H2,(H2,22,23,24). The molecule has 3 rings (SSSR count). The Morgan fingerprint density at radius 1 is 1.08 bits per heavy atom. The van der Waals surface area contributed by atoms with Crippen LogP contribution >= 0.6 is 0 Å². The summed E-state index contributed by atoms with van der Waals surface area (Å²) >= 11 is 0. The van der Waals surface area contributed by atoms with Crippen LogP contribution < -0.4 is 15.4 Å². The molecule has 2 amide bonds. The molecule has 0 aliphatic carbocycles. The molecule has 0 aliphatic rings. The van der Waals surface area contributed by atoms with E-state index in [2.05, 4.69) is 15.6 Å². The van der Waals surface area contributed by atoms with Gasteiger partial charge in [0, 0.05) is 18.1 Å². The van der Waals surface area contributed by atoms with Gasteiger partial charge in [0.15, 0.2) is 0 Å². The highest BCUT2D eigenvalue weighted by molar-refractivity contribution is 5.79. The van der Waals surface area contributed by atoms with E-state index in [0.29, 0.717) is 19.7 Å². The third-order valence-corrected chi connectivity index (χ3v) is 3.60. The molecule has 1 aromatic heterocycles. The van der Waals surface area contributed by atoms with Crippen molar-refractivity contribution in [1.82, 2.24) is 15.6 Å². The van der Waals surface area contributed by atoms with E-state index in [1.807, 2.05) is 30.3 Å². The number of halogens is 1. The van der Waals surface area contributed by atoms with Crippen LogP contribution in [0.25, 0.3) is 10.9 Å². The Hall–Kier alpha value is -3.15. The summed E-state index contributed by atoms with van der Waals surface area (Å²) in [7, 11) is 0. The molecule has 3 aromatic rings. The van der Waals surface area contributed by atoms with Crippen LogP contribution in [-0.2, 0) is 6.54 Å². The average Bonchev–Trinajstić information content (AvgIpc) is 2.64. The summed E-state index contributed by atoms with van der Waals surface area (Å²) in [5.74, 6) is 0.434. The highest BCUT2D eigenvalue weighted by Crippen LogP contribution is 2.18. The van der Waals surface area contributed by atoms with Crippen molar-refractivity contribution in [1.29, 1.82) is 0 Å². The van der Waals surface area contributed by atoms with Crippen molar-refractivity contribution in [2.45, 2.75) is 6.54 Å². The van der Waals surface area contributed by atoms with Gasteiger partial charge in [-0.15, -0.1) is 0 Å². The lowest BCUT2D eigenvalue weighted by molar-refractivity contribution is 0.236. The fourth-order valence-electron chi connectivity index (χ4n) is 2.32. The second-order valence-electron chi connectivity index (χ2n) is 5.44. The second-order valence-corrected chi connectivity index (χ2v) is 5.44. The average molecular weight is 339 g/mol. The zero-order valence-electron chi connectivity index (χ0n) is 13.5. The number of fused-ring (bicyclic) bond motifs is 1. The van der Waals surface area contributed by atoms with Crippen LogP contribution in [0.2, 0.25) is 0 Å². The summed E-state index contributed by atoms with van der Waals surface area (Å²) in [6, 6.07) is 15.2. The predicted molar refractivity (Wildman–Crippen MR) is 93.9 cm³/mol. The van der Waals surface area contributed by atoms with Gasteiger partial charge in [-0.3, -0.25) is 4.98 Å². The third-order valence-electron chi connectivity index (χ3n) is 3.60. The summed E-state index contributed by atoms with van der Waals surface area (Å²) in [4.78, 5) is 16.0. The van der Waals surface area contributed by atoms with E-state index < -0.39 is 0 Å². The molecule has 0 atom stereocenters. The van der Waals surface area contributed by atoms with Crippen molar-refractivity contribution in [3.05, 3.63) is 72.2 Å². The van der Waals surface area contributed by atoms with Gasteiger partial charge in [-0.25, -0.2) is 9.18 Å². The summed E-state index contributed by atoms with van der Waals surface area (Å²) in [5, 5.41) is 6.42. The number of nitrogens with one attached hydrogen (secondary N) is 2. The number of aromatic nitrogens is 1. The summed E-state index contributed by atoms with van der Waals surface area (Å²) in [5.41, 5.74) is 1.74. The molecule has 2 aromatic carbocycles. The van der Waals surface area contributed by atoms with Crippen LogP contribution in [0.4, 0.5) is 9.18 Å². The van der Waals surface area contributed by atoms with E-state index >= 15 is 0 Å². The largest absolute Gasteiger partial charge is 0.492 e. The Morgan fingerprint density at radius 3 is 2.76 bits per heavy atom. The molecule has 0 bridgehead atoms. The lowest BCUT2D eigenvalue weighted by atomic mass is 10.2. The van der Waals surface area contributed by atoms with Crippen LogP contribution in [0.3, 0.4) is 0 Å². The van der Waals surface area contributed by atoms with Crippen LogP contribution in [0.5, 0.6) is 5.75 Å². The van der Waals surface area contributed by atoms with Crippen molar-refractivity contribution < 1.29 is 13.9 Å². The Morgan fingerprint density at radius 2 is 1.92 bits per heavy atom. The Bertz CT molecular complexity index is 853. The lowest BCUT2D eigenvalue weighted by Crippen LogP contribution is -2.37. The van der Waals surface area contributed by atoms with Gasteiger partial charge in [0.1, 0.15) is 18.2 Å². The molecule has 0 saturated carbocycles. The summed E-state index contributed by atoms with van der Waals surface area (Å²) < 4.78 is 18.4. The van der Waals surface area contributed by atoms with Gasteiger partial charge in [-0.2, -0.15) is 0 Å². The second kappa shape index (κ2) is 8.10. The molecule has 0 spiro atoms. The van der Waals surface area contributed by atoms with Crippen molar-refractivity contribution in [3.8, 4) is 5.75 Å². The van der Waals surface area contributed by atoms with Crippen LogP contribution in [-0.4, -0.2) is 24.2 Å². The SMILES string of the molecule is O=C(NCCOc1ccc2ncccc2c1)NCc1ccc(F)cc1. The Balaban J connectivity index is 1.38. The van der Waals surface area contributed by atoms with E-state index in [0.717, 1.165) is 22.2 Å². The molecule has 25 heavy (non-hydrogen) atoms. The smallest absolute Gasteiger partial charge is 0.315 e. The van der Waals surface area contributed by atoms with E-state index in [9.17, 15) is 9.18 Å². The fourth-order valence-corrected chi connectivity index (χ4v) is 2.32. The number of ether oxygens (including phenoxy) is 1. The maximum atomic E-state index is 12.8. The molecule has 0 aliphatic heterocycles. The quantitative estimate of drug-likeness (QED) is 0.678. The molecule has 0 fully saturated rings. The first-order chi connectivity index (χ1) is 12.2. The van der Waals surface area contributed by atoms with Gasteiger partial charge in [0.2, 0.25) is 0 Å². The monoisotopic (exact) mass is 339 g/mol. The first kappa shape index (κ1) is 16.7. The number of rotatable bonds is 6. The molecule has 2 N–H and O–H groups in total. The van der Waals surface area contributed by atoms with Gasteiger partial charge < -0.3 is 15.4 Å². The van der Waals surface area contributed by atoms with Crippen molar-refractivity contribution >= 4 is 16.9 Å². The molecular weight excluding hydrogens is 321 g/mol. The van der Waals surface area contributed by atoms with Crippen molar-refractivity contribution in [3.63, 3.8) is 0 Å². The third kappa shape index (κ3) is 4.91. The first-order valence-corrected chi connectivity index (χ1v) is 7.94. The van der Waals surface area contributed by atoms with Crippen molar-refractivity contribution in [2.75, 3.05) is 13.2 Å². The Kier molecular flexibility index (Phi) is 5.41. The van der Waals surface area contributed by atoms with E-state index in [1.165, 1.54) is 12.1 Å². The topological polar surface area (TPSA) is 63.2 Å². The summed E-state index contributed by atoms with van der Waals surface area (Å²) in [6.45, 7) is 1.07. The zero-order chi connectivity index (χ0) is 17.5. The number of benzene rings is 2. The fraction of sp³-hybridized carbons (Fsp3) is 0.158. The minimum atomic E-state index is -0.296. The molecular formula is C19H18FN3O2. The number of carbonyl (C=O) groups excluding carboxylic acids is 1. The number of urea groups is 1. The van der Waals surface area contributed by atoms with Crippen LogP contribution in [0.15, 0.2) is 60.8 Å². The van der Waals surface area contributed by atoms with E-state index in [1.54, 1.807) is 18.3 Å². The molecule has 1 heterocycles. The number of hydrogen-bond acceptors (Lipinski definition) is 3.